The number of carbonyl (C=O) groups excluding carboxylic acids is 2. The lowest BCUT2D eigenvalue weighted by molar-refractivity contribution is -0.139. The Morgan fingerprint density at radius 2 is 1.61 bits per heavy atom. The third-order valence-electron chi connectivity index (χ3n) is 6.11. The van der Waals surface area contributed by atoms with Crippen molar-refractivity contribution in [2.45, 2.75) is 51.2 Å². The van der Waals surface area contributed by atoms with Crippen LogP contribution in [0.5, 0.6) is 0 Å². The largest absolute Gasteiger partial charge is 0.352 e. The topological polar surface area (TPSA) is 86.8 Å². The van der Waals surface area contributed by atoms with Crippen LogP contribution in [0.25, 0.3) is 0 Å². The number of halogens is 4. The molecule has 0 spiro atoms. The molecule has 0 radical (unpaired) electrons. The fourth-order valence-corrected chi connectivity index (χ4v) is 5.82. The van der Waals surface area contributed by atoms with Crippen LogP contribution in [-0.4, -0.2) is 50.0 Å². The van der Waals surface area contributed by atoms with Crippen molar-refractivity contribution in [3.8, 4) is 0 Å². The molecule has 2 aromatic rings. The van der Waals surface area contributed by atoms with Gasteiger partial charge in [0, 0.05) is 17.6 Å². The van der Waals surface area contributed by atoms with Crippen LogP contribution in [0.4, 0.5) is 5.69 Å². The van der Waals surface area contributed by atoms with Gasteiger partial charge in [-0.15, -0.1) is 0 Å². The lowest BCUT2D eigenvalue weighted by Crippen LogP contribution is -2.52. The number of nitrogens with zero attached hydrogens (tertiary/aromatic N) is 2. The fourth-order valence-electron chi connectivity index (χ4n) is 4.08. The van der Waals surface area contributed by atoms with Crippen LogP contribution in [0.15, 0.2) is 36.4 Å². The van der Waals surface area contributed by atoms with Crippen molar-refractivity contribution in [3.05, 3.63) is 62.1 Å². The van der Waals surface area contributed by atoms with Gasteiger partial charge in [-0.2, -0.15) is 0 Å². The molecule has 12 heteroatoms. The average molecular weight is 595 g/mol. The van der Waals surface area contributed by atoms with Crippen LogP contribution in [0.2, 0.25) is 20.1 Å². The Morgan fingerprint density at radius 1 is 1.00 bits per heavy atom. The lowest BCUT2D eigenvalue weighted by Gasteiger charge is -2.32. The Hall–Kier alpha value is -1.71. The first kappa shape index (κ1) is 28.9. The predicted octanol–water partition coefficient (Wildman–Crippen LogP) is 5.54. The minimum Gasteiger partial charge on any atom is -0.352 e. The smallest absolute Gasteiger partial charge is 0.244 e. The summed E-state index contributed by atoms with van der Waals surface area (Å²) in [7, 11) is -3.97. The molecule has 1 aliphatic carbocycles. The van der Waals surface area contributed by atoms with Gasteiger partial charge in [-0.3, -0.25) is 13.9 Å². The van der Waals surface area contributed by atoms with Gasteiger partial charge in [-0.1, -0.05) is 77.4 Å². The summed E-state index contributed by atoms with van der Waals surface area (Å²) in [6, 6.07) is 8.71. The fraction of sp³-hybridized carbons (Fsp3) is 0.417. The molecule has 1 N–H and O–H groups in total. The van der Waals surface area contributed by atoms with Gasteiger partial charge >= 0.3 is 0 Å². The SMILES string of the molecule is CC(C(=O)NC1CCCC1)N(Cc1ccccc1Cl)C(=O)CN(c1cc(Cl)c(Cl)cc1Cl)S(C)(=O)=O. The maximum Gasteiger partial charge on any atom is 0.244 e. The molecule has 0 aromatic heterocycles. The Bertz CT molecular complexity index is 1240. The number of rotatable bonds is 9. The van der Waals surface area contributed by atoms with E-state index in [1.807, 2.05) is 0 Å². The highest BCUT2D eigenvalue weighted by molar-refractivity contribution is 7.92. The van der Waals surface area contributed by atoms with Gasteiger partial charge in [0.05, 0.1) is 27.0 Å². The molecule has 2 amide bonds. The molecule has 0 heterocycles. The first-order valence-corrected chi connectivity index (χ1v) is 14.7. The van der Waals surface area contributed by atoms with Crippen molar-refractivity contribution in [3.63, 3.8) is 0 Å². The van der Waals surface area contributed by atoms with E-state index in [0.717, 1.165) is 36.2 Å². The first-order valence-electron chi connectivity index (χ1n) is 11.3. The van der Waals surface area contributed by atoms with Crippen LogP contribution in [-0.2, 0) is 26.2 Å². The Balaban J connectivity index is 1.94. The van der Waals surface area contributed by atoms with E-state index in [1.165, 1.54) is 17.0 Å². The number of hydrogen-bond donors (Lipinski definition) is 1. The molecule has 0 bridgehead atoms. The summed E-state index contributed by atoms with van der Waals surface area (Å²) in [5, 5.41) is 3.65. The van der Waals surface area contributed by atoms with Gasteiger partial charge in [0.1, 0.15) is 12.6 Å². The second kappa shape index (κ2) is 12.2. The molecule has 7 nitrogen and oxygen atoms in total. The van der Waals surface area contributed by atoms with Gasteiger partial charge < -0.3 is 10.2 Å². The predicted molar refractivity (Wildman–Crippen MR) is 146 cm³/mol. The number of sulfonamides is 1. The molecule has 2 aromatic carbocycles. The van der Waals surface area contributed by atoms with E-state index in [-0.39, 0.29) is 39.2 Å². The lowest BCUT2D eigenvalue weighted by atomic mass is 10.1. The summed E-state index contributed by atoms with van der Waals surface area (Å²) >= 11 is 24.7. The third kappa shape index (κ3) is 7.19. The van der Waals surface area contributed by atoms with Crippen LogP contribution in [0, 0.1) is 0 Å². The highest BCUT2D eigenvalue weighted by Crippen LogP contribution is 2.35. The highest BCUT2D eigenvalue weighted by Gasteiger charge is 2.32. The van der Waals surface area contributed by atoms with E-state index < -0.39 is 28.5 Å². The molecule has 1 aliphatic rings. The molecule has 36 heavy (non-hydrogen) atoms. The maximum absolute atomic E-state index is 13.6. The Labute approximate surface area is 231 Å². The standard InChI is InChI=1S/C24H27Cl4N3O4S/c1-15(24(33)29-17-8-4-5-9-17)30(13-16-7-3-6-10-18(16)25)23(32)14-31(36(2,34)35)22-12-20(27)19(26)11-21(22)28/h3,6-7,10-12,15,17H,4-5,8-9,13-14H2,1-2H3,(H,29,33). The Kier molecular flexibility index (Phi) is 9.80. The van der Waals surface area contributed by atoms with Crippen molar-refractivity contribution in [1.82, 2.24) is 10.2 Å². The summed E-state index contributed by atoms with van der Waals surface area (Å²) in [6.07, 6.45) is 4.79. The van der Waals surface area contributed by atoms with Gasteiger partial charge in [0.2, 0.25) is 21.8 Å². The van der Waals surface area contributed by atoms with Crippen molar-refractivity contribution < 1.29 is 18.0 Å². The quantitative estimate of drug-likeness (QED) is 0.386. The molecular weight excluding hydrogens is 568 g/mol. The van der Waals surface area contributed by atoms with E-state index in [4.69, 9.17) is 46.4 Å². The molecule has 1 saturated carbocycles. The summed E-state index contributed by atoms with van der Waals surface area (Å²) in [6.45, 7) is 1.00. The van der Waals surface area contributed by atoms with Gasteiger partial charge in [0.15, 0.2) is 0 Å². The van der Waals surface area contributed by atoms with Crippen LogP contribution in [0.3, 0.4) is 0 Å². The van der Waals surface area contributed by atoms with E-state index in [1.54, 1.807) is 31.2 Å². The second-order valence-corrected chi connectivity index (χ2v) is 12.3. The number of nitrogens with one attached hydrogen (secondary N) is 1. The zero-order chi connectivity index (χ0) is 26.6. The second-order valence-electron chi connectivity index (χ2n) is 8.77. The molecule has 1 fully saturated rings. The van der Waals surface area contributed by atoms with Crippen LogP contribution < -0.4 is 9.62 Å². The molecular formula is C24H27Cl4N3O4S. The van der Waals surface area contributed by atoms with Crippen molar-refractivity contribution in [2.75, 3.05) is 17.1 Å². The van der Waals surface area contributed by atoms with Crippen molar-refractivity contribution in [2.24, 2.45) is 0 Å². The molecule has 3 rings (SSSR count). The number of anilines is 1. The molecule has 1 unspecified atom stereocenters. The van der Waals surface area contributed by atoms with E-state index in [2.05, 4.69) is 5.32 Å². The van der Waals surface area contributed by atoms with Gasteiger partial charge in [-0.25, -0.2) is 8.42 Å². The summed E-state index contributed by atoms with van der Waals surface area (Å²) < 4.78 is 26.3. The average Bonchev–Trinajstić information content (AvgIpc) is 3.31. The van der Waals surface area contributed by atoms with E-state index in [0.29, 0.717) is 10.6 Å². The molecule has 1 atom stereocenters. The zero-order valence-electron chi connectivity index (χ0n) is 19.8. The number of benzene rings is 2. The molecule has 0 saturated heterocycles. The zero-order valence-corrected chi connectivity index (χ0v) is 23.6. The van der Waals surface area contributed by atoms with E-state index in [9.17, 15) is 18.0 Å². The normalized spacial score (nSPS) is 14.9. The summed E-state index contributed by atoms with van der Waals surface area (Å²) in [4.78, 5) is 28.0. The van der Waals surface area contributed by atoms with Gasteiger partial charge in [0.25, 0.3) is 0 Å². The van der Waals surface area contributed by atoms with E-state index >= 15 is 0 Å². The summed E-state index contributed by atoms with van der Waals surface area (Å²) in [5.74, 6) is -0.933. The van der Waals surface area contributed by atoms with Crippen LogP contribution >= 0.6 is 46.4 Å². The third-order valence-corrected chi connectivity index (χ3v) is 8.63. The number of hydrogen-bond acceptors (Lipinski definition) is 4. The van der Waals surface area contributed by atoms with Crippen LogP contribution in [0.1, 0.15) is 38.2 Å². The molecule has 196 valence electrons. The highest BCUT2D eigenvalue weighted by atomic mass is 35.5. The minimum absolute atomic E-state index is 0.00247. The number of amides is 2. The maximum atomic E-state index is 13.6. The van der Waals surface area contributed by atoms with Crippen molar-refractivity contribution in [1.29, 1.82) is 0 Å². The first-order chi connectivity index (χ1) is 16.9. The van der Waals surface area contributed by atoms with Crippen molar-refractivity contribution >= 4 is 73.9 Å². The number of carbonyl (C=O) groups is 2. The van der Waals surface area contributed by atoms with Gasteiger partial charge in [-0.05, 0) is 43.5 Å². The molecule has 0 aliphatic heterocycles. The minimum atomic E-state index is -3.97. The Morgan fingerprint density at radius 3 is 2.22 bits per heavy atom. The monoisotopic (exact) mass is 593 g/mol. The summed E-state index contributed by atoms with van der Waals surface area (Å²) in [5.41, 5.74) is 0.620.